The lowest BCUT2D eigenvalue weighted by atomic mass is 9.79. The Kier molecular flexibility index (Phi) is 6.05. The van der Waals surface area contributed by atoms with Gasteiger partial charge in [-0.15, -0.1) is 11.3 Å². The predicted octanol–water partition coefficient (Wildman–Crippen LogP) is 3.95. The van der Waals surface area contributed by atoms with Crippen molar-refractivity contribution in [3.63, 3.8) is 0 Å². The van der Waals surface area contributed by atoms with Gasteiger partial charge in [0.25, 0.3) is 5.91 Å². The quantitative estimate of drug-likeness (QED) is 0.758. The summed E-state index contributed by atoms with van der Waals surface area (Å²) < 4.78 is 6.59. The number of nitrogens with one attached hydrogen (secondary N) is 1. The minimum Gasteiger partial charge on any atom is -0.378 e. The van der Waals surface area contributed by atoms with Crippen LogP contribution < -0.4 is 10.2 Å². The van der Waals surface area contributed by atoms with Gasteiger partial charge >= 0.3 is 0 Å². The number of piperidine rings is 3. The van der Waals surface area contributed by atoms with Gasteiger partial charge in [-0.2, -0.15) is 0 Å². The molecule has 5 nitrogen and oxygen atoms in total. The lowest BCUT2D eigenvalue weighted by molar-refractivity contribution is 0.0218. The first-order valence-electron chi connectivity index (χ1n) is 10.9. The van der Waals surface area contributed by atoms with Gasteiger partial charge in [0.15, 0.2) is 0 Å². The van der Waals surface area contributed by atoms with Crippen LogP contribution in [0.2, 0.25) is 0 Å². The number of nitrogens with zero attached hydrogens (tertiary/aromatic N) is 2. The van der Waals surface area contributed by atoms with E-state index in [9.17, 15) is 4.79 Å². The largest absolute Gasteiger partial charge is 0.378 e. The van der Waals surface area contributed by atoms with E-state index in [-0.39, 0.29) is 11.9 Å². The maximum Gasteiger partial charge on any atom is 0.261 e. The van der Waals surface area contributed by atoms with Crippen LogP contribution in [-0.2, 0) is 4.74 Å². The number of ether oxygens (including phenoxy) is 1. The first kappa shape index (κ1) is 20.4. The average Bonchev–Trinajstić information content (AvgIpc) is 3.26. The molecule has 0 aliphatic carbocycles. The number of carbonyl (C=O) groups is 1. The molecule has 1 aromatic carbocycles. The molecule has 5 heterocycles. The van der Waals surface area contributed by atoms with E-state index in [4.69, 9.17) is 4.74 Å². The normalized spacial score (nSPS) is 28.5. The molecule has 7 heteroatoms. The zero-order valence-electron chi connectivity index (χ0n) is 17.4. The van der Waals surface area contributed by atoms with E-state index in [1.165, 1.54) is 36.5 Å². The molecule has 0 unspecified atom stereocenters. The molecule has 4 aliphatic heterocycles. The summed E-state index contributed by atoms with van der Waals surface area (Å²) >= 11 is 3.32. The van der Waals surface area contributed by atoms with Crippen molar-refractivity contribution in [2.24, 2.45) is 5.92 Å². The van der Waals surface area contributed by atoms with Gasteiger partial charge in [0.05, 0.1) is 22.3 Å². The predicted molar refractivity (Wildman–Crippen MR) is 123 cm³/mol. The van der Waals surface area contributed by atoms with Crippen LogP contribution in [0.1, 0.15) is 29.4 Å². The van der Waals surface area contributed by atoms with Crippen LogP contribution in [0.5, 0.6) is 0 Å². The van der Waals surface area contributed by atoms with Crippen molar-refractivity contribution in [1.29, 1.82) is 0 Å². The number of fused-ring (bicyclic) bond motifs is 3. The monoisotopic (exact) mass is 443 g/mol. The maximum absolute atomic E-state index is 12.9. The van der Waals surface area contributed by atoms with E-state index in [0.29, 0.717) is 12.0 Å². The Hall–Kier alpha value is -1.54. The Morgan fingerprint density at radius 3 is 2.50 bits per heavy atom. The van der Waals surface area contributed by atoms with Gasteiger partial charge in [-0.3, -0.25) is 9.69 Å². The minimum atomic E-state index is 0.0834. The Morgan fingerprint density at radius 2 is 1.80 bits per heavy atom. The number of rotatable bonds is 5. The minimum absolute atomic E-state index is 0.0834. The fraction of sp³-hybridized carbons (Fsp3) is 0.522. The van der Waals surface area contributed by atoms with Crippen LogP contribution in [0, 0.1) is 5.92 Å². The second-order valence-corrected chi connectivity index (χ2v) is 10.9. The molecule has 1 aromatic heterocycles. The Bertz CT molecular complexity index is 869. The summed E-state index contributed by atoms with van der Waals surface area (Å²) in [5, 5.41) is 3.34. The van der Waals surface area contributed by atoms with Crippen molar-refractivity contribution in [3.05, 3.63) is 41.3 Å². The summed E-state index contributed by atoms with van der Waals surface area (Å²) in [5.41, 5.74) is 1.25. The summed E-state index contributed by atoms with van der Waals surface area (Å²) in [4.78, 5) is 19.8. The van der Waals surface area contributed by atoms with Gasteiger partial charge in [-0.05, 0) is 75.2 Å². The van der Waals surface area contributed by atoms with E-state index in [1.54, 1.807) is 23.1 Å². The van der Waals surface area contributed by atoms with Gasteiger partial charge in [-0.25, -0.2) is 0 Å². The van der Waals surface area contributed by atoms with Crippen LogP contribution in [0.15, 0.2) is 45.5 Å². The number of anilines is 1. The number of thiophene rings is 1. The number of carbonyl (C=O) groups excluding carboxylic acids is 1. The van der Waals surface area contributed by atoms with E-state index >= 15 is 0 Å². The highest BCUT2D eigenvalue weighted by Gasteiger charge is 2.40. The molecule has 2 bridgehead atoms. The molecule has 2 aromatic rings. The molecule has 160 valence electrons. The Balaban J connectivity index is 1.19. The molecular formula is C23H29N3O2S2. The van der Waals surface area contributed by atoms with Crippen LogP contribution in [-0.4, -0.2) is 62.3 Å². The smallest absolute Gasteiger partial charge is 0.261 e. The van der Waals surface area contributed by atoms with Crippen LogP contribution in [0.4, 0.5) is 5.69 Å². The second-order valence-electron chi connectivity index (χ2n) is 8.43. The molecular weight excluding hydrogens is 414 g/mol. The van der Waals surface area contributed by atoms with Gasteiger partial charge < -0.3 is 15.0 Å². The van der Waals surface area contributed by atoms with E-state index < -0.39 is 0 Å². The Morgan fingerprint density at radius 1 is 1.07 bits per heavy atom. The third kappa shape index (κ3) is 4.26. The third-order valence-electron chi connectivity index (χ3n) is 6.71. The van der Waals surface area contributed by atoms with E-state index in [0.717, 1.165) is 35.4 Å². The topological polar surface area (TPSA) is 44.8 Å². The molecule has 30 heavy (non-hydrogen) atoms. The molecule has 4 aliphatic rings. The molecule has 2 atom stereocenters. The summed E-state index contributed by atoms with van der Waals surface area (Å²) in [6, 6.07) is 13.5. The van der Waals surface area contributed by atoms with Gasteiger partial charge in [0, 0.05) is 35.8 Å². The van der Waals surface area contributed by atoms with Gasteiger partial charge in [-0.1, -0.05) is 11.8 Å². The first-order chi connectivity index (χ1) is 14.7. The summed E-state index contributed by atoms with van der Waals surface area (Å²) in [7, 11) is 0. The van der Waals surface area contributed by atoms with Crippen molar-refractivity contribution in [2.75, 3.05) is 44.3 Å². The standard InChI is InChI=1S/C23H29N3O2S2/c1-16-22(17-8-10-25(16)11-9-17)24-23(27)20-6-7-21(30-20)29-19-4-2-18(3-5-19)26-12-14-28-15-13-26/h2-7,16-17,22H,8-15H2,1H3,(H,24,27)/t16-,22-/m0/s1. The third-order valence-corrected chi connectivity index (χ3v) is 8.94. The summed E-state index contributed by atoms with van der Waals surface area (Å²) in [6.07, 6.45) is 2.42. The zero-order chi connectivity index (χ0) is 20.5. The fourth-order valence-electron chi connectivity index (χ4n) is 4.93. The number of morpholine rings is 1. The van der Waals surface area contributed by atoms with Crippen molar-refractivity contribution >= 4 is 34.7 Å². The van der Waals surface area contributed by atoms with Crippen molar-refractivity contribution < 1.29 is 9.53 Å². The molecule has 4 fully saturated rings. The molecule has 1 amide bonds. The van der Waals surface area contributed by atoms with Crippen LogP contribution >= 0.6 is 23.1 Å². The molecule has 0 radical (unpaired) electrons. The molecule has 4 saturated heterocycles. The highest BCUT2D eigenvalue weighted by atomic mass is 32.2. The molecule has 0 spiro atoms. The van der Waals surface area contributed by atoms with E-state index in [2.05, 4.69) is 52.4 Å². The van der Waals surface area contributed by atoms with Crippen LogP contribution in [0.25, 0.3) is 0 Å². The fourth-order valence-corrected chi connectivity index (χ4v) is 6.93. The average molecular weight is 444 g/mol. The highest BCUT2D eigenvalue weighted by molar-refractivity contribution is 8.01. The van der Waals surface area contributed by atoms with Crippen LogP contribution in [0.3, 0.4) is 0 Å². The lowest BCUT2D eigenvalue weighted by Crippen LogP contribution is -2.62. The molecule has 0 saturated carbocycles. The number of amides is 1. The van der Waals surface area contributed by atoms with Crippen molar-refractivity contribution in [3.8, 4) is 0 Å². The van der Waals surface area contributed by atoms with E-state index in [1.807, 2.05) is 6.07 Å². The first-order valence-corrected chi connectivity index (χ1v) is 12.6. The van der Waals surface area contributed by atoms with Gasteiger partial charge in [0.1, 0.15) is 0 Å². The van der Waals surface area contributed by atoms with Gasteiger partial charge in [0.2, 0.25) is 0 Å². The van der Waals surface area contributed by atoms with Crippen molar-refractivity contribution in [2.45, 2.75) is 41.0 Å². The number of hydrogen-bond acceptors (Lipinski definition) is 6. The summed E-state index contributed by atoms with van der Waals surface area (Å²) in [5.74, 6) is 0.716. The second kappa shape index (κ2) is 8.91. The highest BCUT2D eigenvalue weighted by Crippen LogP contribution is 2.35. The van der Waals surface area contributed by atoms with Crippen molar-refractivity contribution in [1.82, 2.24) is 10.2 Å². The lowest BCUT2D eigenvalue weighted by Gasteiger charge is -2.49. The number of benzene rings is 1. The summed E-state index contributed by atoms with van der Waals surface area (Å²) in [6.45, 7) is 8.13. The zero-order valence-corrected chi connectivity index (χ0v) is 19.0. The molecule has 1 N–H and O–H groups in total. The Labute approximate surface area is 186 Å². The number of hydrogen-bond donors (Lipinski definition) is 1. The molecule has 6 rings (SSSR count). The SMILES string of the molecule is C[C@H]1[C@H](NC(=O)c2ccc(Sc3ccc(N4CCOCC4)cc3)s2)C2CCN1CC2. The maximum atomic E-state index is 12.9.